The van der Waals surface area contributed by atoms with E-state index in [9.17, 15) is 9.59 Å². The van der Waals surface area contributed by atoms with Gasteiger partial charge in [-0.3, -0.25) is 4.79 Å². The first-order valence-corrected chi connectivity index (χ1v) is 6.28. The molecule has 1 heterocycles. The molecular weight excluding hydrogens is 278 g/mol. The molecule has 3 N–H and O–H groups in total. The Morgan fingerprint density at radius 1 is 1.05 bits per heavy atom. The van der Waals surface area contributed by atoms with Gasteiger partial charge < -0.3 is 15.3 Å². The average Bonchev–Trinajstić information content (AvgIpc) is 2.77. The molecule has 0 saturated carbocycles. The van der Waals surface area contributed by atoms with Crippen LogP contribution in [0.25, 0.3) is 11.0 Å². The Morgan fingerprint density at radius 2 is 1.85 bits per heavy atom. The topological polar surface area (TPSA) is 77.8 Å². The summed E-state index contributed by atoms with van der Waals surface area (Å²) < 4.78 is 0. The summed E-state index contributed by atoms with van der Waals surface area (Å²) in [4.78, 5) is 28.5. The van der Waals surface area contributed by atoms with E-state index >= 15 is 0 Å². The van der Waals surface area contributed by atoms with Crippen molar-refractivity contribution < 1.29 is 4.79 Å². The Labute approximate surface area is 118 Å². The number of nitrogens with one attached hydrogen (secondary N) is 3. The number of anilines is 1. The van der Waals surface area contributed by atoms with Crippen molar-refractivity contribution in [2.75, 3.05) is 5.32 Å². The summed E-state index contributed by atoms with van der Waals surface area (Å²) in [6.45, 7) is 0. The highest BCUT2D eigenvalue weighted by molar-refractivity contribution is 6.31. The summed E-state index contributed by atoms with van der Waals surface area (Å²) >= 11 is 5.86. The molecule has 0 saturated heterocycles. The van der Waals surface area contributed by atoms with Crippen LogP contribution >= 0.6 is 11.6 Å². The average molecular weight is 288 g/mol. The Kier molecular flexibility index (Phi) is 3.04. The minimum absolute atomic E-state index is 0.267. The number of benzene rings is 2. The molecule has 3 aromatic rings. The van der Waals surface area contributed by atoms with E-state index in [1.165, 1.54) is 0 Å². The van der Waals surface area contributed by atoms with Crippen LogP contribution < -0.4 is 11.0 Å². The number of carbonyl (C=O) groups excluding carboxylic acids is 1. The van der Waals surface area contributed by atoms with Gasteiger partial charge in [-0.15, -0.1) is 0 Å². The number of aromatic nitrogens is 2. The molecule has 1 amide bonds. The van der Waals surface area contributed by atoms with Gasteiger partial charge in [0.2, 0.25) is 0 Å². The van der Waals surface area contributed by atoms with Crippen LogP contribution in [0.1, 0.15) is 10.4 Å². The number of amides is 1. The molecule has 20 heavy (non-hydrogen) atoms. The molecular formula is C14H10ClN3O2. The maximum absolute atomic E-state index is 12.1. The van der Waals surface area contributed by atoms with E-state index < -0.39 is 0 Å². The number of H-pyrrole nitrogens is 2. The lowest BCUT2D eigenvalue weighted by atomic mass is 10.2. The second-order valence-electron chi connectivity index (χ2n) is 4.30. The number of imidazole rings is 1. The quantitative estimate of drug-likeness (QED) is 0.678. The zero-order valence-corrected chi connectivity index (χ0v) is 11.0. The van der Waals surface area contributed by atoms with Crippen LogP contribution in [0, 0.1) is 0 Å². The van der Waals surface area contributed by atoms with Crippen molar-refractivity contribution in [1.82, 2.24) is 9.97 Å². The highest BCUT2D eigenvalue weighted by Gasteiger charge is 2.08. The predicted octanol–water partition coefficient (Wildman–Crippen LogP) is 2.76. The second-order valence-corrected chi connectivity index (χ2v) is 4.74. The van der Waals surface area contributed by atoms with E-state index in [0.717, 1.165) is 0 Å². The number of rotatable bonds is 2. The minimum Gasteiger partial charge on any atom is -0.322 e. The summed E-state index contributed by atoms with van der Waals surface area (Å²) in [5, 5.41) is 3.29. The van der Waals surface area contributed by atoms with Gasteiger partial charge in [0, 0.05) is 16.3 Å². The molecule has 0 spiro atoms. The van der Waals surface area contributed by atoms with Gasteiger partial charge in [0.1, 0.15) is 0 Å². The van der Waals surface area contributed by atoms with E-state index in [-0.39, 0.29) is 11.6 Å². The third kappa shape index (κ3) is 2.44. The SMILES string of the molecule is O=C(Nc1cccc(Cl)c1)c1ccc2[nH]c(=O)[nH]c2c1. The number of hydrogen-bond acceptors (Lipinski definition) is 2. The first-order chi connectivity index (χ1) is 9.61. The van der Waals surface area contributed by atoms with Crippen LogP contribution in [-0.2, 0) is 0 Å². The van der Waals surface area contributed by atoms with Crippen LogP contribution in [0.4, 0.5) is 5.69 Å². The van der Waals surface area contributed by atoms with E-state index in [0.29, 0.717) is 27.3 Å². The summed E-state index contributed by atoms with van der Waals surface area (Å²) in [7, 11) is 0. The monoisotopic (exact) mass is 287 g/mol. The third-order valence-electron chi connectivity index (χ3n) is 2.86. The van der Waals surface area contributed by atoms with Crippen LogP contribution in [0.3, 0.4) is 0 Å². The van der Waals surface area contributed by atoms with Gasteiger partial charge in [0.05, 0.1) is 11.0 Å². The third-order valence-corrected chi connectivity index (χ3v) is 3.10. The number of fused-ring (bicyclic) bond motifs is 1. The number of carbonyl (C=O) groups is 1. The lowest BCUT2D eigenvalue weighted by Gasteiger charge is -2.05. The van der Waals surface area contributed by atoms with Crippen LogP contribution in [-0.4, -0.2) is 15.9 Å². The van der Waals surface area contributed by atoms with E-state index in [4.69, 9.17) is 11.6 Å². The summed E-state index contributed by atoms with van der Waals surface area (Å²) in [5.74, 6) is -0.267. The molecule has 1 aromatic heterocycles. The molecule has 5 nitrogen and oxygen atoms in total. The van der Waals surface area contributed by atoms with Gasteiger partial charge >= 0.3 is 5.69 Å². The maximum Gasteiger partial charge on any atom is 0.323 e. The van der Waals surface area contributed by atoms with Gasteiger partial charge in [-0.05, 0) is 36.4 Å². The molecule has 100 valence electrons. The van der Waals surface area contributed by atoms with Crippen LogP contribution in [0.2, 0.25) is 5.02 Å². The molecule has 0 fully saturated rings. The molecule has 0 aliphatic heterocycles. The summed E-state index contributed by atoms with van der Waals surface area (Å²) in [6.07, 6.45) is 0. The Hall–Kier alpha value is -2.53. The fourth-order valence-electron chi connectivity index (χ4n) is 1.94. The standard InChI is InChI=1S/C14H10ClN3O2/c15-9-2-1-3-10(7-9)16-13(19)8-4-5-11-12(6-8)18-14(20)17-11/h1-7H,(H,16,19)(H2,17,18,20). The van der Waals surface area contributed by atoms with Crippen molar-refractivity contribution >= 4 is 34.2 Å². The highest BCUT2D eigenvalue weighted by Crippen LogP contribution is 2.17. The van der Waals surface area contributed by atoms with Crippen molar-refractivity contribution in [3.05, 3.63) is 63.5 Å². The molecule has 0 atom stereocenters. The first-order valence-electron chi connectivity index (χ1n) is 5.91. The molecule has 0 bridgehead atoms. The molecule has 0 aliphatic rings. The van der Waals surface area contributed by atoms with Gasteiger partial charge in [-0.2, -0.15) is 0 Å². The molecule has 0 radical (unpaired) electrons. The maximum atomic E-state index is 12.1. The molecule has 3 rings (SSSR count). The zero-order valence-electron chi connectivity index (χ0n) is 10.2. The molecule has 0 unspecified atom stereocenters. The van der Waals surface area contributed by atoms with E-state index in [1.807, 2.05) is 0 Å². The fraction of sp³-hybridized carbons (Fsp3) is 0. The predicted molar refractivity (Wildman–Crippen MR) is 78.3 cm³/mol. The number of halogens is 1. The summed E-state index contributed by atoms with van der Waals surface area (Å²) in [5.41, 5.74) is 2.02. The first kappa shape index (κ1) is 12.5. The summed E-state index contributed by atoms with van der Waals surface area (Å²) in [6, 6.07) is 11.8. The molecule has 2 aromatic carbocycles. The van der Waals surface area contributed by atoms with Crippen molar-refractivity contribution in [3.63, 3.8) is 0 Å². The smallest absolute Gasteiger partial charge is 0.322 e. The van der Waals surface area contributed by atoms with E-state index in [2.05, 4.69) is 15.3 Å². The number of aromatic amines is 2. The van der Waals surface area contributed by atoms with Gasteiger partial charge in [-0.25, -0.2) is 4.79 Å². The largest absolute Gasteiger partial charge is 0.323 e. The van der Waals surface area contributed by atoms with E-state index in [1.54, 1.807) is 42.5 Å². The lowest BCUT2D eigenvalue weighted by Crippen LogP contribution is -2.11. The Morgan fingerprint density at radius 3 is 2.65 bits per heavy atom. The zero-order chi connectivity index (χ0) is 14.1. The number of hydrogen-bond donors (Lipinski definition) is 3. The van der Waals surface area contributed by atoms with Crippen LogP contribution in [0.5, 0.6) is 0 Å². The lowest BCUT2D eigenvalue weighted by molar-refractivity contribution is 0.102. The molecule has 6 heteroatoms. The second kappa shape index (κ2) is 4.86. The van der Waals surface area contributed by atoms with Crippen molar-refractivity contribution in [1.29, 1.82) is 0 Å². The Balaban J connectivity index is 1.90. The molecule has 0 aliphatic carbocycles. The fourth-order valence-corrected chi connectivity index (χ4v) is 2.13. The van der Waals surface area contributed by atoms with Gasteiger partial charge in [0.25, 0.3) is 5.91 Å². The minimum atomic E-state index is -0.299. The highest BCUT2D eigenvalue weighted by atomic mass is 35.5. The van der Waals surface area contributed by atoms with Gasteiger partial charge in [0.15, 0.2) is 0 Å². The van der Waals surface area contributed by atoms with Gasteiger partial charge in [-0.1, -0.05) is 17.7 Å². The van der Waals surface area contributed by atoms with Crippen molar-refractivity contribution in [2.24, 2.45) is 0 Å². The Bertz CT molecular complexity index is 851. The van der Waals surface area contributed by atoms with Crippen molar-refractivity contribution in [3.8, 4) is 0 Å². The normalized spacial score (nSPS) is 10.7. The van der Waals surface area contributed by atoms with Crippen LogP contribution in [0.15, 0.2) is 47.3 Å². The van der Waals surface area contributed by atoms with Crippen molar-refractivity contribution in [2.45, 2.75) is 0 Å².